The summed E-state index contributed by atoms with van der Waals surface area (Å²) in [5, 5.41) is 9.71. The minimum atomic E-state index is -4.00. The Balaban J connectivity index is 2.15. The van der Waals surface area contributed by atoms with Gasteiger partial charge in [0.25, 0.3) is 0 Å². The second kappa shape index (κ2) is 9.33. The molecule has 3 aromatic rings. The fraction of sp³-hybridized carbons (Fsp3) is 0.240. The molecule has 0 aliphatic rings. The molecular weight excluding hydrogens is 424 g/mol. The average Bonchev–Trinajstić information content (AvgIpc) is 3.13. The van der Waals surface area contributed by atoms with E-state index in [-0.39, 0.29) is 15.7 Å². The van der Waals surface area contributed by atoms with Crippen LogP contribution < -0.4 is 9.47 Å². The van der Waals surface area contributed by atoms with Gasteiger partial charge in [0.2, 0.25) is 9.84 Å². The molecule has 0 unspecified atom stereocenters. The monoisotopic (exact) mass is 450 g/mol. The molecular formula is C25H26N2O4S. The summed E-state index contributed by atoms with van der Waals surface area (Å²) in [6.07, 6.45) is 1.44. The lowest BCUT2D eigenvalue weighted by Crippen LogP contribution is -2.05. The predicted octanol–water partition coefficient (Wildman–Crippen LogP) is 5.26. The summed E-state index contributed by atoms with van der Waals surface area (Å²) in [6, 6.07) is 17.6. The van der Waals surface area contributed by atoms with E-state index >= 15 is 0 Å². The van der Waals surface area contributed by atoms with Crippen molar-refractivity contribution in [2.24, 2.45) is 0 Å². The zero-order chi connectivity index (χ0) is 23.5. The molecule has 166 valence electrons. The summed E-state index contributed by atoms with van der Waals surface area (Å²) in [6.45, 7) is 6.05. The zero-order valence-corrected chi connectivity index (χ0v) is 19.6. The van der Waals surface area contributed by atoms with Gasteiger partial charge in [-0.15, -0.1) is 0 Å². The van der Waals surface area contributed by atoms with Gasteiger partial charge in [0.15, 0.2) is 0 Å². The third-order valence-corrected chi connectivity index (χ3v) is 6.94. The Hall–Kier alpha value is -3.50. The van der Waals surface area contributed by atoms with Crippen LogP contribution in [0, 0.1) is 18.3 Å². The summed E-state index contributed by atoms with van der Waals surface area (Å²) in [5.74, 6) is 1.34. The number of aromatic nitrogens is 1. The molecule has 1 heterocycles. The van der Waals surface area contributed by atoms with E-state index < -0.39 is 9.84 Å². The average molecular weight is 451 g/mol. The molecule has 0 aliphatic heterocycles. The Morgan fingerprint density at radius 3 is 2.25 bits per heavy atom. The highest BCUT2D eigenvalue weighted by molar-refractivity contribution is 7.95. The topological polar surface area (TPSA) is 81.3 Å². The minimum Gasteiger partial charge on any atom is -0.497 e. The number of ether oxygens (including phenoxy) is 2. The van der Waals surface area contributed by atoms with Gasteiger partial charge < -0.3 is 14.0 Å². The summed E-state index contributed by atoms with van der Waals surface area (Å²) in [5.41, 5.74) is 3.45. The van der Waals surface area contributed by atoms with Gasteiger partial charge in [-0.25, -0.2) is 8.42 Å². The molecule has 7 heteroatoms. The fourth-order valence-electron chi connectivity index (χ4n) is 3.50. The van der Waals surface area contributed by atoms with E-state index in [2.05, 4.69) is 18.4 Å². The van der Waals surface area contributed by atoms with E-state index in [1.807, 2.05) is 43.3 Å². The van der Waals surface area contributed by atoms with Crippen LogP contribution >= 0.6 is 0 Å². The maximum Gasteiger partial charge on any atom is 0.216 e. The van der Waals surface area contributed by atoms with E-state index in [1.54, 1.807) is 19.2 Å². The highest BCUT2D eigenvalue weighted by atomic mass is 32.2. The Morgan fingerprint density at radius 1 is 1.03 bits per heavy atom. The molecule has 0 N–H and O–H groups in total. The van der Waals surface area contributed by atoms with Gasteiger partial charge in [-0.2, -0.15) is 5.26 Å². The fourth-order valence-corrected chi connectivity index (χ4v) is 4.69. The van der Waals surface area contributed by atoms with Crippen LogP contribution in [0.4, 0.5) is 0 Å². The number of methoxy groups -OCH3 is 2. The van der Waals surface area contributed by atoms with E-state index in [0.717, 1.165) is 22.8 Å². The van der Waals surface area contributed by atoms with Crippen LogP contribution in [0.25, 0.3) is 11.8 Å². The van der Waals surface area contributed by atoms with Crippen molar-refractivity contribution in [2.75, 3.05) is 14.2 Å². The first kappa shape index (κ1) is 23.2. The molecule has 0 radical (unpaired) electrons. The Kier molecular flexibility index (Phi) is 6.75. The quantitative estimate of drug-likeness (QED) is 0.458. The van der Waals surface area contributed by atoms with Gasteiger partial charge >= 0.3 is 0 Å². The number of hydrogen-bond donors (Lipinski definition) is 0. The van der Waals surface area contributed by atoms with Crippen LogP contribution in [-0.4, -0.2) is 27.2 Å². The lowest BCUT2D eigenvalue weighted by molar-refractivity contribution is 0.413. The van der Waals surface area contributed by atoms with E-state index in [9.17, 15) is 13.7 Å². The molecule has 0 spiro atoms. The van der Waals surface area contributed by atoms with Crippen molar-refractivity contribution in [3.8, 4) is 23.3 Å². The van der Waals surface area contributed by atoms with Crippen LogP contribution in [0.3, 0.4) is 0 Å². The van der Waals surface area contributed by atoms with Gasteiger partial charge in [0, 0.05) is 17.1 Å². The number of sulfone groups is 1. The number of nitrogens with zero attached hydrogens (tertiary/aromatic N) is 2. The highest BCUT2D eigenvalue weighted by Crippen LogP contribution is 2.31. The molecule has 0 aliphatic carbocycles. The third-order valence-electron chi connectivity index (χ3n) is 5.27. The normalized spacial score (nSPS) is 12.0. The van der Waals surface area contributed by atoms with Gasteiger partial charge in [0.05, 0.1) is 19.1 Å². The summed E-state index contributed by atoms with van der Waals surface area (Å²) >= 11 is 0. The number of rotatable bonds is 7. The summed E-state index contributed by atoms with van der Waals surface area (Å²) < 4.78 is 38.7. The first-order chi connectivity index (χ1) is 15.2. The zero-order valence-electron chi connectivity index (χ0n) is 18.8. The number of hydrogen-bond acceptors (Lipinski definition) is 5. The molecule has 0 amide bonds. The largest absolute Gasteiger partial charge is 0.497 e. The van der Waals surface area contributed by atoms with Gasteiger partial charge in [-0.1, -0.05) is 19.9 Å². The first-order valence-electron chi connectivity index (χ1n) is 10.1. The lowest BCUT2D eigenvalue weighted by Gasteiger charge is -2.14. The Bertz CT molecular complexity index is 1290. The smallest absolute Gasteiger partial charge is 0.216 e. The molecule has 0 bridgehead atoms. The predicted molar refractivity (Wildman–Crippen MR) is 125 cm³/mol. The standard InChI is InChI=1S/C25H26N2O4S/c1-17(2)25-14-19(18(3)27(25)20-9-11-21(30-4)12-10-20)13-24(16-26)32(28,29)23-8-6-7-22(15-23)31-5/h6-15,17H,1-5H3/b24-13+. The van der Waals surface area contributed by atoms with E-state index in [4.69, 9.17) is 9.47 Å². The van der Waals surface area contributed by atoms with E-state index in [0.29, 0.717) is 11.3 Å². The van der Waals surface area contributed by atoms with Crippen molar-refractivity contribution in [3.63, 3.8) is 0 Å². The van der Waals surface area contributed by atoms with Crippen molar-refractivity contribution < 1.29 is 17.9 Å². The second-order valence-corrected chi connectivity index (χ2v) is 9.52. The molecule has 0 saturated heterocycles. The molecule has 2 aromatic carbocycles. The molecule has 1 aromatic heterocycles. The third kappa shape index (κ3) is 4.41. The molecule has 6 nitrogen and oxygen atoms in total. The van der Waals surface area contributed by atoms with Gasteiger partial charge in [-0.3, -0.25) is 0 Å². The minimum absolute atomic E-state index is 0.0148. The molecule has 32 heavy (non-hydrogen) atoms. The molecule has 0 atom stereocenters. The highest BCUT2D eigenvalue weighted by Gasteiger charge is 2.23. The summed E-state index contributed by atoms with van der Waals surface area (Å²) in [7, 11) is -0.923. The van der Waals surface area contributed by atoms with Crippen molar-refractivity contribution in [1.29, 1.82) is 5.26 Å². The van der Waals surface area contributed by atoms with Crippen molar-refractivity contribution in [2.45, 2.75) is 31.6 Å². The van der Waals surface area contributed by atoms with Crippen molar-refractivity contribution >= 4 is 15.9 Å². The molecule has 0 fully saturated rings. The van der Waals surface area contributed by atoms with E-state index in [1.165, 1.54) is 25.3 Å². The van der Waals surface area contributed by atoms with Crippen LogP contribution in [0.2, 0.25) is 0 Å². The number of nitriles is 1. The van der Waals surface area contributed by atoms with Crippen molar-refractivity contribution in [1.82, 2.24) is 4.57 Å². The first-order valence-corrected chi connectivity index (χ1v) is 11.6. The van der Waals surface area contributed by atoms with Gasteiger partial charge in [0.1, 0.15) is 22.5 Å². The summed E-state index contributed by atoms with van der Waals surface area (Å²) in [4.78, 5) is -0.308. The van der Waals surface area contributed by atoms with Crippen LogP contribution in [0.1, 0.15) is 36.7 Å². The molecule has 0 saturated carbocycles. The van der Waals surface area contributed by atoms with Crippen LogP contribution in [0.15, 0.2) is 64.4 Å². The number of allylic oxidation sites excluding steroid dienone is 1. The SMILES string of the molecule is COc1ccc(-n2c(C(C)C)cc(/C=C(\C#N)S(=O)(=O)c3cccc(OC)c3)c2C)cc1. The van der Waals surface area contributed by atoms with Crippen LogP contribution in [-0.2, 0) is 9.84 Å². The maximum absolute atomic E-state index is 13.1. The maximum atomic E-state index is 13.1. The Labute approximate surface area is 189 Å². The Morgan fingerprint density at radius 2 is 1.69 bits per heavy atom. The van der Waals surface area contributed by atoms with Crippen LogP contribution in [0.5, 0.6) is 11.5 Å². The van der Waals surface area contributed by atoms with Gasteiger partial charge in [-0.05, 0) is 73.0 Å². The second-order valence-electron chi connectivity index (χ2n) is 7.60. The van der Waals surface area contributed by atoms with Crippen molar-refractivity contribution in [3.05, 3.63) is 76.5 Å². The lowest BCUT2D eigenvalue weighted by atomic mass is 10.1. The number of benzene rings is 2. The molecule has 3 rings (SSSR count).